The summed E-state index contributed by atoms with van der Waals surface area (Å²) in [5, 5.41) is 8.63. The van der Waals surface area contributed by atoms with E-state index < -0.39 is 5.97 Å². The third-order valence-electron chi connectivity index (χ3n) is 2.66. The number of carboxylic acid groups (broad SMARTS) is 1. The molecule has 0 spiro atoms. The quantitative estimate of drug-likeness (QED) is 0.666. The molecule has 0 bridgehead atoms. The van der Waals surface area contributed by atoms with Crippen molar-refractivity contribution in [1.82, 2.24) is 0 Å². The molecule has 2 heteroatoms. The first-order valence-corrected chi connectivity index (χ1v) is 4.24. The van der Waals surface area contributed by atoms with Gasteiger partial charge in [0.1, 0.15) is 0 Å². The van der Waals surface area contributed by atoms with Crippen LogP contribution in [0.25, 0.3) is 0 Å². The summed E-state index contributed by atoms with van der Waals surface area (Å²) in [5.74, 6) is 0.0703. The minimum Gasteiger partial charge on any atom is -0.481 e. The van der Waals surface area contributed by atoms with Gasteiger partial charge in [0.2, 0.25) is 0 Å². The third-order valence-corrected chi connectivity index (χ3v) is 2.66. The molecule has 1 aliphatic carbocycles. The van der Waals surface area contributed by atoms with Gasteiger partial charge in [-0.2, -0.15) is 0 Å². The Bertz CT molecular complexity index is 165. The molecule has 0 saturated heterocycles. The largest absolute Gasteiger partial charge is 0.481 e. The van der Waals surface area contributed by atoms with Crippen molar-refractivity contribution in [2.75, 3.05) is 0 Å². The Hall–Kier alpha value is -0.530. The van der Waals surface area contributed by atoms with Gasteiger partial charge >= 0.3 is 5.97 Å². The highest BCUT2D eigenvalue weighted by Crippen LogP contribution is 2.43. The van der Waals surface area contributed by atoms with Gasteiger partial charge in [-0.05, 0) is 24.2 Å². The molecule has 2 nitrogen and oxygen atoms in total. The zero-order valence-corrected chi connectivity index (χ0v) is 7.26. The lowest BCUT2D eigenvalue weighted by Crippen LogP contribution is -2.16. The van der Waals surface area contributed by atoms with Crippen LogP contribution in [0.4, 0.5) is 0 Å². The fourth-order valence-electron chi connectivity index (χ4n) is 2.17. The molecule has 1 unspecified atom stereocenters. The summed E-state index contributed by atoms with van der Waals surface area (Å²) in [6, 6.07) is 0. The molecule has 0 radical (unpaired) electrons. The zero-order chi connectivity index (χ0) is 8.48. The van der Waals surface area contributed by atoms with E-state index in [2.05, 4.69) is 13.8 Å². The van der Waals surface area contributed by atoms with Crippen molar-refractivity contribution in [3.05, 3.63) is 0 Å². The van der Waals surface area contributed by atoms with Gasteiger partial charge in [0.15, 0.2) is 0 Å². The highest BCUT2D eigenvalue weighted by molar-refractivity contribution is 5.67. The molecule has 1 fully saturated rings. The summed E-state index contributed by atoms with van der Waals surface area (Å²) in [7, 11) is 0. The summed E-state index contributed by atoms with van der Waals surface area (Å²) in [6.07, 6.45) is 3.71. The Kier molecular flexibility index (Phi) is 2.21. The zero-order valence-electron chi connectivity index (χ0n) is 7.26. The van der Waals surface area contributed by atoms with Crippen molar-refractivity contribution in [3.8, 4) is 0 Å². The molecule has 0 aromatic carbocycles. The van der Waals surface area contributed by atoms with E-state index in [9.17, 15) is 4.79 Å². The maximum Gasteiger partial charge on any atom is 0.303 e. The number of hydrogen-bond acceptors (Lipinski definition) is 1. The highest BCUT2D eigenvalue weighted by atomic mass is 16.4. The molecule has 0 aliphatic heterocycles. The van der Waals surface area contributed by atoms with Crippen LogP contribution < -0.4 is 0 Å². The van der Waals surface area contributed by atoms with Crippen molar-refractivity contribution in [2.24, 2.45) is 11.3 Å². The molecule has 2 atom stereocenters. The lowest BCUT2D eigenvalue weighted by atomic mass is 9.84. The van der Waals surface area contributed by atoms with Gasteiger partial charge in [0, 0.05) is 0 Å². The number of hydrogen-bond donors (Lipinski definition) is 1. The van der Waals surface area contributed by atoms with Crippen LogP contribution >= 0.6 is 0 Å². The molecular formula is C9H16O2. The van der Waals surface area contributed by atoms with Gasteiger partial charge in [-0.3, -0.25) is 4.79 Å². The number of carbonyl (C=O) groups is 1. The van der Waals surface area contributed by atoms with E-state index in [1.54, 1.807) is 0 Å². The molecule has 0 aromatic rings. The van der Waals surface area contributed by atoms with Gasteiger partial charge in [-0.25, -0.2) is 0 Å². The second-order valence-electron chi connectivity index (χ2n) is 4.23. The SMILES string of the molecule is CC1CC[C@@](C)(CC(=O)O)C1. The Morgan fingerprint density at radius 3 is 2.73 bits per heavy atom. The van der Waals surface area contributed by atoms with Crippen LogP contribution in [0.3, 0.4) is 0 Å². The summed E-state index contributed by atoms with van der Waals surface area (Å²) in [4.78, 5) is 10.5. The third kappa shape index (κ3) is 2.21. The van der Waals surface area contributed by atoms with E-state index >= 15 is 0 Å². The Labute approximate surface area is 67.6 Å². The summed E-state index contributed by atoms with van der Waals surface area (Å²) in [5.41, 5.74) is 0.0885. The minimum atomic E-state index is -0.651. The Morgan fingerprint density at radius 1 is 1.73 bits per heavy atom. The molecule has 1 saturated carbocycles. The van der Waals surface area contributed by atoms with Gasteiger partial charge in [-0.1, -0.05) is 20.3 Å². The number of carboxylic acids is 1. The second-order valence-corrected chi connectivity index (χ2v) is 4.23. The molecule has 0 heterocycles. The molecule has 1 rings (SSSR count). The van der Waals surface area contributed by atoms with Crippen LogP contribution in [-0.2, 0) is 4.79 Å². The van der Waals surface area contributed by atoms with Crippen molar-refractivity contribution in [2.45, 2.75) is 39.5 Å². The average molecular weight is 156 g/mol. The van der Waals surface area contributed by atoms with E-state index in [4.69, 9.17) is 5.11 Å². The van der Waals surface area contributed by atoms with E-state index in [0.717, 1.165) is 18.8 Å². The molecule has 0 aromatic heterocycles. The van der Waals surface area contributed by atoms with Crippen molar-refractivity contribution < 1.29 is 9.90 Å². The fourth-order valence-corrected chi connectivity index (χ4v) is 2.17. The van der Waals surface area contributed by atoms with Crippen LogP contribution in [0.15, 0.2) is 0 Å². The van der Waals surface area contributed by atoms with Crippen LogP contribution in [-0.4, -0.2) is 11.1 Å². The Balaban J connectivity index is 2.48. The first-order valence-electron chi connectivity index (χ1n) is 4.24. The molecule has 1 aliphatic rings. The average Bonchev–Trinajstić information content (AvgIpc) is 2.08. The van der Waals surface area contributed by atoms with Gasteiger partial charge in [0.05, 0.1) is 6.42 Å². The minimum absolute atomic E-state index is 0.0885. The number of aliphatic carboxylic acids is 1. The van der Waals surface area contributed by atoms with Crippen LogP contribution in [0.5, 0.6) is 0 Å². The van der Waals surface area contributed by atoms with Crippen molar-refractivity contribution in [1.29, 1.82) is 0 Å². The topological polar surface area (TPSA) is 37.3 Å². The van der Waals surface area contributed by atoms with Gasteiger partial charge in [0.25, 0.3) is 0 Å². The number of rotatable bonds is 2. The Morgan fingerprint density at radius 2 is 2.36 bits per heavy atom. The molecular weight excluding hydrogens is 140 g/mol. The van der Waals surface area contributed by atoms with E-state index in [1.807, 2.05) is 0 Å². The van der Waals surface area contributed by atoms with Gasteiger partial charge < -0.3 is 5.11 Å². The maximum absolute atomic E-state index is 10.5. The fraction of sp³-hybridized carbons (Fsp3) is 0.889. The lowest BCUT2D eigenvalue weighted by Gasteiger charge is -2.20. The summed E-state index contributed by atoms with van der Waals surface area (Å²) in [6.45, 7) is 4.29. The van der Waals surface area contributed by atoms with Crippen LogP contribution in [0.1, 0.15) is 39.5 Å². The lowest BCUT2D eigenvalue weighted by molar-refractivity contribution is -0.139. The first kappa shape index (κ1) is 8.57. The second kappa shape index (κ2) is 2.84. The normalized spacial score (nSPS) is 37.5. The predicted molar refractivity (Wildman–Crippen MR) is 43.4 cm³/mol. The van der Waals surface area contributed by atoms with E-state index in [1.165, 1.54) is 6.42 Å². The van der Waals surface area contributed by atoms with Crippen molar-refractivity contribution in [3.63, 3.8) is 0 Å². The monoisotopic (exact) mass is 156 g/mol. The smallest absolute Gasteiger partial charge is 0.303 e. The highest BCUT2D eigenvalue weighted by Gasteiger charge is 2.34. The molecule has 64 valence electrons. The first-order chi connectivity index (χ1) is 5.02. The van der Waals surface area contributed by atoms with Crippen LogP contribution in [0.2, 0.25) is 0 Å². The standard InChI is InChI=1S/C9H16O2/c1-7-3-4-9(2,5-7)6-8(10)11/h7H,3-6H2,1-2H3,(H,10,11)/t7?,9-/m1/s1. The maximum atomic E-state index is 10.5. The predicted octanol–water partition coefficient (Wildman–Crippen LogP) is 2.29. The van der Waals surface area contributed by atoms with E-state index in [-0.39, 0.29) is 5.41 Å². The summed E-state index contributed by atoms with van der Waals surface area (Å²) >= 11 is 0. The summed E-state index contributed by atoms with van der Waals surface area (Å²) < 4.78 is 0. The molecule has 1 N–H and O–H groups in total. The van der Waals surface area contributed by atoms with Gasteiger partial charge in [-0.15, -0.1) is 0 Å². The van der Waals surface area contributed by atoms with Crippen molar-refractivity contribution >= 4 is 5.97 Å². The molecule has 11 heavy (non-hydrogen) atoms. The van der Waals surface area contributed by atoms with E-state index in [0.29, 0.717) is 6.42 Å². The molecule has 0 amide bonds. The van der Waals surface area contributed by atoms with Crippen LogP contribution in [0, 0.1) is 11.3 Å².